The van der Waals surface area contributed by atoms with Gasteiger partial charge in [-0.2, -0.15) is 24.9 Å². The van der Waals surface area contributed by atoms with E-state index in [9.17, 15) is 18.0 Å². The van der Waals surface area contributed by atoms with Crippen LogP contribution in [0.3, 0.4) is 0 Å². The van der Waals surface area contributed by atoms with Crippen molar-refractivity contribution in [2.45, 2.75) is 18.1 Å². The van der Waals surface area contributed by atoms with Gasteiger partial charge in [0.25, 0.3) is 0 Å². The van der Waals surface area contributed by atoms with Crippen LogP contribution in [0, 0.1) is 0 Å². The summed E-state index contributed by atoms with van der Waals surface area (Å²) >= 11 is 1.88. The molecule has 0 bridgehead atoms. The molecule has 1 unspecified atom stereocenters. The zero-order valence-corrected chi connectivity index (χ0v) is 15.8. The van der Waals surface area contributed by atoms with Crippen LogP contribution in [0.25, 0.3) is 0 Å². The molecule has 1 aromatic carbocycles. The zero-order chi connectivity index (χ0) is 19.3. The lowest BCUT2D eigenvalue weighted by molar-refractivity contribution is -0.137. The van der Waals surface area contributed by atoms with Crippen LogP contribution in [0.1, 0.15) is 12.0 Å². The molecule has 1 atom stereocenters. The van der Waals surface area contributed by atoms with Crippen molar-refractivity contribution in [2.75, 3.05) is 56.2 Å². The number of thioether (sulfide) groups is 1. The fraction of sp³-hybridized carbons (Fsp3) is 0.611. The molecule has 2 aliphatic rings. The molecule has 1 aromatic rings. The van der Waals surface area contributed by atoms with E-state index in [4.69, 9.17) is 4.74 Å². The lowest BCUT2D eigenvalue weighted by Gasteiger charge is -2.43. The third kappa shape index (κ3) is 5.30. The van der Waals surface area contributed by atoms with Crippen LogP contribution in [0.15, 0.2) is 24.3 Å². The van der Waals surface area contributed by atoms with Crippen LogP contribution in [0.5, 0.6) is 0 Å². The monoisotopic (exact) mass is 403 g/mol. The Bertz CT molecular complexity index is 645. The molecule has 150 valence electrons. The highest BCUT2D eigenvalue weighted by atomic mass is 32.2. The number of ether oxygens (including phenoxy) is 1. The number of nitrogens with zero attached hydrogens (tertiary/aromatic N) is 1. The number of hydrogen-bond acceptors (Lipinski definition) is 5. The molecule has 2 saturated heterocycles. The molecule has 0 radical (unpaired) electrons. The first kappa shape index (κ1) is 20.3. The Morgan fingerprint density at radius 3 is 2.74 bits per heavy atom. The van der Waals surface area contributed by atoms with Gasteiger partial charge < -0.3 is 15.4 Å². The second kappa shape index (κ2) is 8.70. The normalized spacial score (nSPS) is 24.0. The highest BCUT2D eigenvalue weighted by molar-refractivity contribution is 7.99. The first-order valence-electron chi connectivity index (χ1n) is 8.97. The number of hydrogen-bond donors (Lipinski definition) is 2. The number of benzene rings is 1. The number of anilines is 1. The van der Waals surface area contributed by atoms with Gasteiger partial charge in [0.15, 0.2) is 0 Å². The van der Waals surface area contributed by atoms with Crippen molar-refractivity contribution < 1.29 is 22.7 Å². The van der Waals surface area contributed by atoms with Gasteiger partial charge in [0.1, 0.15) is 0 Å². The van der Waals surface area contributed by atoms with Crippen LogP contribution < -0.4 is 10.6 Å². The Labute approximate surface area is 161 Å². The summed E-state index contributed by atoms with van der Waals surface area (Å²) in [6.07, 6.45) is -3.39. The van der Waals surface area contributed by atoms with Crippen LogP contribution in [-0.4, -0.2) is 67.2 Å². The molecule has 5 nitrogen and oxygen atoms in total. The van der Waals surface area contributed by atoms with Crippen LogP contribution >= 0.6 is 11.8 Å². The number of rotatable bonds is 6. The lowest BCUT2D eigenvalue weighted by atomic mass is 9.95. The average Bonchev–Trinajstić information content (AvgIpc) is 3.15. The van der Waals surface area contributed by atoms with E-state index in [0.717, 1.165) is 43.1 Å². The van der Waals surface area contributed by atoms with Crippen molar-refractivity contribution in [1.82, 2.24) is 10.2 Å². The predicted molar refractivity (Wildman–Crippen MR) is 100 cm³/mol. The van der Waals surface area contributed by atoms with Crippen molar-refractivity contribution in [3.05, 3.63) is 29.8 Å². The third-order valence-electron chi connectivity index (χ3n) is 5.02. The summed E-state index contributed by atoms with van der Waals surface area (Å²) in [5.41, 5.74) is -0.512. The molecule has 9 heteroatoms. The molecule has 0 saturated carbocycles. The van der Waals surface area contributed by atoms with Gasteiger partial charge in [-0.3, -0.25) is 9.69 Å². The van der Waals surface area contributed by atoms with Crippen LogP contribution in [0.2, 0.25) is 0 Å². The van der Waals surface area contributed by atoms with Crippen LogP contribution in [-0.2, 0) is 15.7 Å². The Balaban J connectivity index is 1.51. The molecule has 0 spiro atoms. The number of amides is 1. The minimum atomic E-state index is -4.40. The predicted octanol–water partition coefficient (Wildman–Crippen LogP) is 2.44. The molecule has 0 aromatic heterocycles. The molecule has 2 N–H and O–H groups in total. The van der Waals surface area contributed by atoms with E-state index < -0.39 is 11.7 Å². The summed E-state index contributed by atoms with van der Waals surface area (Å²) in [5.74, 6) is 1.81. The lowest BCUT2D eigenvalue weighted by Crippen LogP contribution is -2.59. The maximum atomic E-state index is 12.8. The smallest absolute Gasteiger partial charge is 0.379 e. The zero-order valence-electron chi connectivity index (χ0n) is 15.0. The maximum absolute atomic E-state index is 12.8. The summed E-state index contributed by atoms with van der Waals surface area (Å²) in [6, 6.07) is 4.86. The van der Waals surface area contributed by atoms with Crippen molar-refractivity contribution in [3.8, 4) is 0 Å². The Morgan fingerprint density at radius 2 is 2.07 bits per heavy atom. The van der Waals surface area contributed by atoms with Crippen LogP contribution in [0.4, 0.5) is 18.9 Å². The maximum Gasteiger partial charge on any atom is 0.416 e. The highest BCUT2D eigenvalue weighted by Gasteiger charge is 2.40. The second-order valence-electron chi connectivity index (χ2n) is 6.84. The number of morpholine rings is 1. The largest absolute Gasteiger partial charge is 0.416 e. The van der Waals surface area contributed by atoms with Gasteiger partial charge in [-0.15, -0.1) is 0 Å². The third-order valence-corrected chi connectivity index (χ3v) is 6.26. The summed E-state index contributed by atoms with van der Waals surface area (Å²) in [4.78, 5) is 14.6. The number of nitrogens with one attached hydrogen (secondary N) is 2. The number of alkyl halides is 3. The Morgan fingerprint density at radius 1 is 1.30 bits per heavy atom. The summed E-state index contributed by atoms with van der Waals surface area (Å²) in [6.45, 7) is 3.61. The van der Waals surface area contributed by atoms with E-state index in [1.807, 2.05) is 11.8 Å². The van der Waals surface area contributed by atoms with Gasteiger partial charge in [0, 0.05) is 36.6 Å². The van der Waals surface area contributed by atoms with E-state index in [0.29, 0.717) is 19.8 Å². The molecule has 27 heavy (non-hydrogen) atoms. The molecule has 0 aliphatic carbocycles. The van der Waals surface area contributed by atoms with Gasteiger partial charge in [0.2, 0.25) is 5.91 Å². The summed E-state index contributed by atoms with van der Waals surface area (Å²) < 4.78 is 43.7. The van der Waals surface area contributed by atoms with Crippen molar-refractivity contribution in [3.63, 3.8) is 0 Å². The molecule has 3 rings (SSSR count). The fourth-order valence-electron chi connectivity index (χ4n) is 3.45. The van der Waals surface area contributed by atoms with E-state index in [-0.39, 0.29) is 23.7 Å². The minimum absolute atomic E-state index is 0.0553. The van der Waals surface area contributed by atoms with E-state index in [1.165, 1.54) is 12.1 Å². The van der Waals surface area contributed by atoms with E-state index >= 15 is 0 Å². The number of halogens is 3. The number of carbonyl (C=O) groups excluding carboxylic acids is 1. The standard InChI is InChI=1S/C18H24F3N3O2S/c19-18(20,21)14-2-1-3-15(10-14)22-11-16(25)23-12-17(4-9-27-13-17)24-5-7-26-8-6-24/h1-3,10,22H,4-9,11-13H2,(H,23,25). The summed E-state index contributed by atoms with van der Waals surface area (Å²) in [7, 11) is 0. The van der Waals surface area contributed by atoms with Gasteiger partial charge in [-0.1, -0.05) is 6.07 Å². The quantitative estimate of drug-likeness (QED) is 0.764. The minimum Gasteiger partial charge on any atom is -0.379 e. The van der Waals surface area contributed by atoms with Gasteiger partial charge >= 0.3 is 6.18 Å². The van der Waals surface area contributed by atoms with Crippen molar-refractivity contribution in [1.29, 1.82) is 0 Å². The molecular weight excluding hydrogens is 379 g/mol. The highest BCUT2D eigenvalue weighted by Crippen LogP contribution is 2.33. The molecule has 2 aliphatic heterocycles. The molecule has 2 fully saturated rings. The van der Waals surface area contributed by atoms with Gasteiger partial charge in [-0.05, 0) is 30.4 Å². The van der Waals surface area contributed by atoms with Gasteiger partial charge in [0.05, 0.1) is 25.3 Å². The molecule has 2 heterocycles. The van der Waals surface area contributed by atoms with Gasteiger partial charge in [-0.25, -0.2) is 0 Å². The van der Waals surface area contributed by atoms with Crippen molar-refractivity contribution in [2.24, 2.45) is 0 Å². The Hall–Kier alpha value is -1.45. The van der Waals surface area contributed by atoms with E-state index in [2.05, 4.69) is 15.5 Å². The SMILES string of the molecule is O=C(CNc1cccc(C(F)(F)F)c1)NCC1(N2CCOCC2)CCSC1. The Kier molecular flexibility index (Phi) is 6.54. The second-order valence-corrected chi connectivity index (χ2v) is 7.94. The van der Waals surface area contributed by atoms with Crippen molar-refractivity contribution >= 4 is 23.4 Å². The summed E-state index contributed by atoms with van der Waals surface area (Å²) in [5, 5.41) is 5.73. The first-order chi connectivity index (χ1) is 12.9. The topological polar surface area (TPSA) is 53.6 Å². The molecule has 1 amide bonds. The number of carbonyl (C=O) groups is 1. The molecular formula is C18H24F3N3O2S. The first-order valence-corrected chi connectivity index (χ1v) is 10.1. The fourth-order valence-corrected chi connectivity index (χ4v) is 4.93. The van der Waals surface area contributed by atoms with E-state index in [1.54, 1.807) is 0 Å². The average molecular weight is 403 g/mol.